The highest BCUT2D eigenvalue weighted by Crippen LogP contribution is 2.20. The van der Waals surface area contributed by atoms with Gasteiger partial charge in [0.1, 0.15) is 5.75 Å². The smallest absolute Gasteiger partial charge is 0.415 e. The van der Waals surface area contributed by atoms with Crippen molar-refractivity contribution in [2.45, 2.75) is 18.8 Å². The number of para-hydroxylation sites is 1. The molecule has 0 heterocycles. The number of aliphatic hydroxyl groups is 1. The number of methoxy groups -OCH3 is 1. The lowest BCUT2D eigenvalue weighted by Gasteiger charge is -2.15. The van der Waals surface area contributed by atoms with Gasteiger partial charge in [0.25, 0.3) is 0 Å². The lowest BCUT2D eigenvalue weighted by atomic mass is 10.2. The van der Waals surface area contributed by atoms with Crippen molar-refractivity contribution in [1.29, 1.82) is 0 Å². The van der Waals surface area contributed by atoms with E-state index in [1.807, 2.05) is 0 Å². The van der Waals surface area contributed by atoms with Gasteiger partial charge in [-0.25, -0.2) is 0 Å². The quantitative estimate of drug-likeness (QED) is 0.834. The Kier molecular flexibility index (Phi) is 4.77. The molecule has 0 radical (unpaired) electrons. The van der Waals surface area contributed by atoms with Crippen LogP contribution in [-0.2, 0) is 6.54 Å². The topological polar surface area (TPSA) is 41.5 Å². The molecule has 3 nitrogen and oxygen atoms in total. The molecule has 2 N–H and O–H groups in total. The Hall–Kier alpha value is -1.27. The highest BCUT2D eigenvalue weighted by molar-refractivity contribution is 5.32. The van der Waals surface area contributed by atoms with E-state index < -0.39 is 18.8 Å². The summed E-state index contributed by atoms with van der Waals surface area (Å²) in [6.45, 7) is -0.335. The number of hydrogen-bond acceptors (Lipinski definition) is 3. The van der Waals surface area contributed by atoms with Gasteiger partial charge < -0.3 is 15.2 Å². The molecule has 0 aliphatic rings. The summed E-state index contributed by atoms with van der Waals surface area (Å²) in [5, 5.41) is 11.3. The summed E-state index contributed by atoms with van der Waals surface area (Å²) in [6, 6.07) is 7.00. The second-order valence-electron chi connectivity index (χ2n) is 3.50. The van der Waals surface area contributed by atoms with E-state index in [4.69, 9.17) is 9.84 Å². The molecule has 0 saturated carbocycles. The first-order valence-corrected chi connectivity index (χ1v) is 5.02. The molecule has 0 aliphatic heterocycles. The Morgan fingerprint density at radius 1 is 1.35 bits per heavy atom. The van der Waals surface area contributed by atoms with E-state index in [9.17, 15) is 13.2 Å². The van der Waals surface area contributed by atoms with Crippen molar-refractivity contribution in [3.8, 4) is 5.75 Å². The Morgan fingerprint density at radius 2 is 2.00 bits per heavy atom. The van der Waals surface area contributed by atoms with Gasteiger partial charge in [-0.1, -0.05) is 18.2 Å². The molecule has 1 aromatic carbocycles. The second kappa shape index (κ2) is 5.88. The molecule has 1 aromatic rings. The summed E-state index contributed by atoms with van der Waals surface area (Å²) in [5.41, 5.74) is 0.740. The van der Waals surface area contributed by atoms with Crippen molar-refractivity contribution in [3.63, 3.8) is 0 Å². The van der Waals surface area contributed by atoms with Crippen LogP contribution in [0.4, 0.5) is 13.2 Å². The molecular weight excluding hydrogens is 235 g/mol. The molecule has 0 aliphatic carbocycles. The van der Waals surface area contributed by atoms with Gasteiger partial charge in [-0.3, -0.25) is 0 Å². The first kappa shape index (κ1) is 13.8. The highest BCUT2D eigenvalue weighted by Gasteiger charge is 2.37. The fourth-order valence-electron chi connectivity index (χ4n) is 1.31. The summed E-state index contributed by atoms with van der Waals surface area (Å²) in [6.07, 6.45) is -6.94. The van der Waals surface area contributed by atoms with Crippen molar-refractivity contribution in [3.05, 3.63) is 29.8 Å². The molecule has 17 heavy (non-hydrogen) atoms. The van der Waals surface area contributed by atoms with Crippen molar-refractivity contribution < 1.29 is 23.0 Å². The largest absolute Gasteiger partial charge is 0.496 e. The standard InChI is InChI=1S/C11H14F3NO2/c1-17-9-5-3-2-4-8(9)6-15-7-10(16)11(12,13)14/h2-5,10,15-16H,6-7H2,1H3/t10-/m0/s1. The molecule has 0 spiro atoms. The maximum atomic E-state index is 12.0. The van der Waals surface area contributed by atoms with Gasteiger partial charge in [-0.2, -0.15) is 13.2 Å². The Morgan fingerprint density at radius 3 is 2.59 bits per heavy atom. The monoisotopic (exact) mass is 249 g/mol. The summed E-state index contributed by atoms with van der Waals surface area (Å²) in [5.74, 6) is 0.599. The maximum absolute atomic E-state index is 12.0. The molecule has 1 atom stereocenters. The van der Waals surface area contributed by atoms with Gasteiger partial charge in [0.15, 0.2) is 6.10 Å². The summed E-state index contributed by atoms with van der Waals surface area (Å²) >= 11 is 0. The number of nitrogens with one attached hydrogen (secondary N) is 1. The number of halogens is 3. The lowest BCUT2D eigenvalue weighted by Crippen LogP contribution is -2.38. The van der Waals surface area contributed by atoms with Gasteiger partial charge in [0.05, 0.1) is 7.11 Å². The van der Waals surface area contributed by atoms with E-state index in [1.54, 1.807) is 24.3 Å². The number of hydrogen-bond donors (Lipinski definition) is 2. The van der Waals surface area contributed by atoms with Crippen LogP contribution in [0.15, 0.2) is 24.3 Å². The van der Waals surface area contributed by atoms with Gasteiger partial charge in [-0.05, 0) is 6.07 Å². The first-order chi connectivity index (χ1) is 7.95. The molecular formula is C11H14F3NO2. The number of ether oxygens (including phenoxy) is 1. The van der Waals surface area contributed by atoms with Crippen LogP contribution in [0.1, 0.15) is 5.56 Å². The molecule has 96 valence electrons. The minimum Gasteiger partial charge on any atom is -0.496 e. The predicted octanol–water partition coefficient (Wildman–Crippen LogP) is 1.71. The summed E-state index contributed by atoms with van der Waals surface area (Å²) in [4.78, 5) is 0. The number of rotatable bonds is 5. The lowest BCUT2D eigenvalue weighted by molar-refractivity contribution is -0.201. The third-order valence-electron chi connectivity index (χ3n) is 2.22. The van der Waals surface area contributed by atoms with Crippen molar-refractivity contribution in [2.24, 2.45) is 0 Å². The van der Waals surface area contributed by atoms with Crippen LogP contribution in [0.3, 0.4) is 0 Å². The van der Waals surface area contributed by atoms with Crippen LogP contribution in [0.2, 0.25) is 0 Å². The molecule has 0 amide bonds. The summed E-state index contributed by atoms with van der Waals surface area (Å²) < 4.78 is 41.1. The van der Waals surface area contributed by atoms with E-state index in [2.05, 4.69) is 5.32 Å². The van der Waals surface area contributed by atoms with Crippen LogP contribution < -0.4 is 10.1 Å². The Labute approximate surface area is 97.2 Å². The number of alkyl halides is 3. The minimum absolute atomic E-state index is 0.206. The van der Waals surface area contributed by atoms with Gasteiger partial charge in [-0.15, -0.1) is 0 Å². The fourth-order valence-corrected chi connectivity index (χ4v) is 1.31. The van der Waals surface area contributed by atoms with Gasteiger partial charge in [0.2, 0.25) is 0 Å². The van der Waals surface area contributed by atoms with Crippen LogP contribution in [0.5, 0.6) is 5.75 Å². The van der Waals surface area contributed by atoms with Crippen LogP contribution in [-0.4, -0.2) is 31.0 Å². The van der Waals surface area contributed by atoms with E-state index in [1.165, 1.54) is 7.11 Å². The zero-order valence-corrected chi connectivity index (χ0v) is 9.29. The third-order valence-corrected chi connectivity index (χ3v) is 2.22. The second-order valence-corrected chi connectivity index (χ2v) is 3.50. The van der Waals surface area contributed by atoms with Gasteiger partial charge in [0, 0.05) is 18.7 Å². The van der Waals surface area contributed by atoms with E-state index in [0.717, 1.165) is 5.56 Å². The third kappa shape index (κ3) is 4.24. The van der Waals surface area contributed by atoms with Crippen molar-refractivity contribution >= 4 is 0 Å². The molecule has 0 fully saturated rings. The molecule has 6 heteroatoms. The van der Waals surface area contributed by atoms with E-state index in [0.29, 0.717) is 5.75 Å². The summed E-state index contributed by atoms with van der Waals surface area (Å²) in [7, 11) is 1.49. The SMILES string of the molecule is COc1ccccc1CNC[C@H](O)C(F)(F)F. The van der Waals surface area contributed by atoms with Crippen LogP contribution in [0, 0.1) is 0 Å². The highest BCUT2D eigenvalue weighted by atomic mass is 19.4. The average molecular weight is 249 g/mol. The molecule has 0 aromatic heterocycles. The van der Waals surface area contributed by atoms with Gasteiger partial charge >= 0.3 is 6.18 Å². The molecule has 0 bridgehead atoms. The van der Waals surface area contributed by atoms with E-state index >= 15 is 0 Å². The van der Waals surface area contributed by atoms with Crippen molar-refractivity contribution in [2.75, 3.05) is 13.7 Å². The molecule has 0 unspecified atom stereocenters. The maximum Gasteiger partial charge on any atom is 0.415 e. The first-order valence-electron chi connectivity index (χ1n) is 5.02. The Balaban J connectivity index is 2.46. The average Bonchev–Trinajstić information content (AvgIpc) is 2.28. The molecule has 0 saturated heterocycles. The van der Waals surface area contributed by atoms with Crippen molar-refractivity contribution in [1.82, 2.24) is 5.32 Å². The Bertz CT molecular complexity index is 355. The number of benzene rings is 1. The zero-order valence-electron chi connectivity index (χ0n) is 9.29. The van der Waals surface area contributed by atoms with Crippen LogP contribution >= 0.6 is 0 Å². The normalized spacial score (nSPS) is 13.5. The predicted molar refractivity (Wildman–Crippen MR) is 56.8 cm³/mol. The minimum atomic E-state index is -4.59. The fraction of sp³-hybridized carbons (Fsp3) is 0.455. The zero-order chi connectivity index (χ0) is 12.9. The number of aliphatic hydroxyl groups excluding tert-OH is 1. The van der Waals surface area contributed by atoms with E-state index in [-0.39, 0.29) is 6.54 Å². The molecule has 1 rings (SSSR count). The van der Waals surface area contributed by atoms with Crippen LogP contribution in [0.25, 0.3) is 0 Å².